The first kappa shape index (κ1) is 19.4. The molecule has 0 aromatic heterocycles. The molecule has 2 fully saturated rings. The molecule has 9 heteroatoms. The van der Waals surface area contributed by atoms with Crippen LogP contribution in [0.4, 0.5) is 4.39 Å². The number of carbonyl (C=O) groups excluding carboxylic acids is 3. The standard InChI is InChI=1S/C18H20FNO7/c1-24-8-12(22)27-18-14-13(11(21)7-26-18)15(20-16(14)17(23)25-2)9-3-5-10(19)6-4-9/h3-6,13-16,18,20H,7-8H2,1-2H3/t13-,14+,15-,16-,18+/m0/s1. The summed E-state index contributed by atoms with van der Waals surface area (Å²) in [5.41, 5.74) is 0.634. The van der Waals surface area contributed by atoms with Crippen LogP contribution in [0.3, 0.4) is 0 Å². The van der Waals surface area contributed by atoms with Gasteiger partial charge in [0.2, 0.25) is 6.29 Å². The van der Waals surface area contributed by atoms with Crippen LogP contribution in [0.15, 0.2) is 24.3 Å². The number of fused-ring (bicyclic) bond motifs is 1. The fraction of sp³-hybridized carbons (Fsp3) is 0.500. The van der Waals surface area contributed by atoms with Crippen LogP contribution in [0.5, 0.6) is 0 Å². The molecule has 2 heterocycles. The van der Waals surface area contributed by atoms with Gasteiger partial charge in [-0.25, -0.2) is 9.18 Å². The monoisotopic (exact) mass is 381 g/mol. The molecule has 2 aliphatic rings. The normalized spacial score (nSPS) is 29.9. The lowest BCUT2D eigenvalue weighted by atomic mass is 9.79. The van der Waals surface area contributed by atoms with Crippen molar-refractivity contribution < 1.29 is 37.7 Å². The number of hydrogen-bond acceptors (Lipinski definition) is 8. The van der Waals surface area contributed by atoms with Crippen molar-refractivity contribution in [1.29, 1.82) is 0 Å². The quantitative estimate of drug-likeness (QED) is 0.730. The van der Waals surface area contributed by atoms with Gasteiger partial charge in [0.05, 0.1) is 18.9 Å². The van der Waals surface area contributed by atoms with E-state index in [-0.39, 0.29) is 19.0 Å². The molecule has 1 aromatic carbocycles. The second-order valence-electron chi connectivity index (χ2n) is 6.37. The average Bonchev–Trinajstić information content (AvgIpc) is 3.06. The van der Waals surface area contributed by atoms with E-state index in [1.54, 1.807) is 12.1 Å². The van der Waals surface area contributed by atoms with Crippen LogP contribution in [0, 0.1) is 17.7 Å². The third kappa shape index (κ3) is 3.85. The molecule has 3 rings (SSSR count). The summed E-state index contributed by atoms with van der Waals surface area (Å²) < 4.78 is 33.5. The van der Waals surface area contributed by atoms with Crippen molar-refractivity contribution in [3.63, 3.8) is 0 Å². The van der Waals surface area contributed by atoms with Crippen LogP contribution < -0.4 is 5.32 Å². The second-order valence-corrected chi connectivity index (χ2v) is 6.37. The van der Waals surface area contributed by atoms with Crippen molar-refractivity contribution in [2.45, 2.75) is 18.4 Å². The summed E-state index contributed by atoms with van der Waals surface area (Å²) in [5, 5.41) is 3.06. The lowest BCUT2D eigenvalue weighted by Crippen LogP contribution is -2.50. The lowest BCUT2D eigenvalue weighted by Gasteiger charge is -2.34. The van der Waals surface area contributed by atoms with Gasteiger partial charge >= 0.3 is 11.9 Å². The third-order valence-electron chi connectivity index (χ3n) is 4.79. The summed E-state index contributed by atoms with van der Waals surface area (Å²) >= 11 is 0. The number of benzene rings is 1. The molecule has 0 saturated carbocycles. The first-order valence-electron chi connectivity index (χ1n) is 8.38. The van der Waals surface area contributed by atoms with E-state index in [9.17, 15) is 18.8 Å². The van der Waals surface area contributed by atoms with Gasteiger partial charge in [0.25, 0.3) is 0 Å². The van der Waals surface area contributed by atoms with Gasteiger partial charge in [-0.2, -0.15) is 0 Å². The molecule has 27 heavy (non-hydrogen) atoms. The first-order valence-corrected chi connectivity index (χ1v) is 8.38. The Morgan fingerprint density at radius 1 is 1.26 bits per heavy atom. The Morgan fingerprint density at radius 2 is 1.96 bits per heavy atom. The Morgan fingerprint density at radius 3 is 2.59 bits per heavy atom. The summed E-state index contributed by atoms with van der Waals surface area (Å²) in [4.78, 5) is 36.7. The highest BCUT2D eigenvalue weighted by Gasteiger charge is 2.57. The number of Topliss-reactive ketones (excluding diaryl/α,β-unsaturated/α-hetero) is 1. The van der Waals surface area contributed by atoms with Crippen molar-refractivity contribution in [2.75, 3.05) is 27.4 Å². The highest BCUT2D eigenvalue weighted by Crippen LogP contribution is 2.43. The summed E-state index contributed by atoms with van der Waals surface area (Å²) in [5.74, 6) is -3.43. The summed E-state index contributed by atoms with van der Waals surface area (Å²) in [6.07, 6.45) is -1.11. The molecule has 0 spiro atoms. The zero-order valence-electron chi connectivity index (χ0n) is 14.8. The molecular weight excluding hydrogens is 361 g/mol. The van der Waals surface area contributed by atoms with E-state index in [2.05, 4.69) is 5.32 Å². The second kappa shape index (κ2) is 8.12. The lowest BCUT2D eigenvalue weighted by molar-refractivity contribution is -0.213. The van der Waals surface area contributed by atoms with Gasteiger partial charge in [0.15, 0.2) is 5.78 Å². The highest BCUT2D eigenvalue weighted by molar-refractivity contribution is 5.87. The largest absolute Gasteiger partial charge is 0.468 e. The molecule has 1 N–H and O–H groups in total. The van der Waals surface area contributed by atoms with Gasteiger partial charge < -0.3 is 18.9 Å². The Balaban J connectivity index is 1.93. The minimum Gasteiger partial charge on any atom is -0.468 e. The van der Waals surface area contributed by atoms with Crippen molar-refractivity contribution in [1.82, 2.24) is 5.32 Å². The predicted molar refractivity (Wildman–Crippen MR) is 87.8 cm³/mol. The van der Waals surface area contributed by atoms with Crippen LogP contribution in [0.25, 0.3) is 0 Å². The highest BCUT2D eigenvalue weighted by atomic mass is 19.1. The van der Waals surface area contributed by atoms with Crippen LogP contribution in [-0.2, 0) is 33.3 Å². The molecule has 0 aliphatic carbocycles. The molecule has 0 amide bonds. The smallest absolute Gasteiger partial charge is 0.334 e. The van der Waals surface area contributed by atoms with Crippen molar-refractivity contribution in [3.8, 4) is 0 Å². The Labute approximate surface area is 154 Å². The molecule has 1 aromatic rings. The summed E-state index contributed by atoms with van der Waals surface area (Å²) in [6.45, 7) is -0.553. The number of halogens is 1. The van der Waals surface area contributed by atoms with Gasteiger partial charge in [-0.05, 0) is 17.7 Å². The van der Waals surface area contributed by atoms with Crippen molar-refractivity contribution in [2.24, 2.45) is 11.8 Å². The zero-order valence-corrected chi connectivity index (χ0v) is 14.8. The number of rotatable bonds is 5. The maximum Gasteiger partial charge on any atom is 0.334 e. The topological polar surface area (TPSA) is 100 Å². The van der Waals surface area contributed by atoms with Crippen molar-refractivity contribution >= 4 is 17.7 Å². The van der Waals surface area contributed by atoms with Gasteiger partial charge in [0, 0.05) is 13.2 Å². The van der Waals surface area contributed by atoms with Gasteiger partial charge in [-0.1, -0.05) is 12.1 Å². The molecule has 146 valence electrons. The summed E-state index contributed by atoms with van der Waals surface area (Å²) in [6, 6.07) is 4.13. The van der Waals surface area contributed by atoms with Crippen molar-refractivity contribution in [3.05, 3.63) is 35.6 Å². The molecule has 0 radical (unpaired) electrons. The molecular formula is C18H20FNO7. The molecule has 2 saturated heterocycles. The minimum absolute atomic E-state index is 0.243. The van der Waals surface area contributed by atoms with E-state index in [0.29, 0.717) is 5.56 Å². The fourth-order valence-electron chi connectivity index (χ4n) is 3.66. The van der Waals surface area contributed by atoms with E-state index in [1.807, 2.05) is 0 Å². The van der Waals surface area contributed by atoms with Gasteiger partial charge in [-0.15, -0.1) is 0 Å². The number of ether oxygens (including phenoxy) is 4. The van der Waals surface area contributed by atoms with Crippen LogP contribution in [0.2, 0.25) is 0 Å². The maximum absolute atomic E-state index is 13.3. The van der Waals surface area contributed by atoms with E-state index in [0.717, 1.165) is 0 Å². The SMILES string of the molecule is COCC(=O)O[C@H]1OCC(=O)[C@H]2[C@@H]1[C@@H](C(=O)OC)N[C@H]2c1ccc(F)cc1. The minimum atomic E-state index is -1.11. The Kier molecular flexibility index (Phi) is 5.83. The van der Waals surface area contributed by atoms with E-state index < -0.39 is 48.0 Å². The number of methoxy groups -OCH3 is 2. The number of esters is 2. The fourth-order valence-corrected chi connectivity index (χ4v) is 3.66. The number of carbonyl (C=O) groups is 3. The third-order valence-corrected chi connectivity index (χ3v) is 4.79. The molecule has 0 bridgehead atoms. The maximum atomic E-state index is 13.3. The Bertz CT molecular complexity index is 723. The molecule has 5 atom stereocenters. The van der Waals surface area contributed by atoms with Gasteiger partial charge in [0.1, 0.15) is 25.1 Å². The van der Waals surface area contributed by atoms with Gasteiger partial charge in [-0.3, -0.25) is 14.9 Å². The van der Waals surface area contributed by atoms with E-state index in [1.165, 1.54) is 26.4 Å². The van der Waals surface area contributed by atoms with Crippen LogP contribution >= 0.6 is 0 Å². The molecule has 8 nitrogen and oxygen atoms in total. The Hall–Kier alpha value is -2.36. The average molecular weight is 381 g/mol. The van der Waals surface area contributed by atoms with E-state index >= 15 is 0 Å². The summed E-state index contributed by atoms with van der Waals surface area (Å²) in [7, 11) is 2.57. The van der Waals surface area contributed by atoms with Crippen LogP contribution in [-0.4, -0.2) is 57.5 Å². The molecule has 0 unspecified atom stereocenters. The number of nitrogens with one attached hydrogen (secondary N) is 1. The number of ketones is 1. The molecule has 2 aliphatic heterocycles. The number of hydrogen-bond donors (Lipinski definition) is 1. The zero-order chi connectivity index (χ0) is 19.6. The predicted octanol–water partition coefficient (Wildman–Crippen LogP) is 0.359. The van der Waals surface area contributed by atoms with Crippen LogP contribution in [0.1, 0.15) is 11.6 Å². The first-order chi connectivity index (χ1) is 13.0. The van der Waals surface area contributed by atoms with E-state index in [4.69, 9.17) is 18.9 Å².